The molecule has 1 heterocycles. The Labute approximate surface area is 87.7 Å². The molecule has 0 aliphatic carbocycles. The van der Waals surface area contributed by atoms with Crippen LogP contribution < -0.4 is 5.32 Å². The second-order valence-corrected chi connectivity index (χ2v) is 4.14. The highest BCUT2D eigenvalue weighted by atomic mass is 16.4. The van der Waals surface area contributed by atoms with Crippen molar-refractivity contribution in [3.05, 3.63) is 17.9 Å². The van der Waals surface area contributed by atoms with Crippen molar-refractivity contribution in [1.82, 2.24) is 0 Å². The zero-order valence-electron chi connectivity index (χ0n) is 8.78. The van der Waals surface area contributed by atoms with E-state index in [0.717, 1.165) is 0 Å². The molecule has 0 unspecified atom stereocenters. The Hall–Kier alpha value is -1.49. The third-order valence-electron chi connectivity index (χ3n) is 1.99. The van der Waals surface area contributed by atoms with Gasteiger partial charge in [0.1, 0.15) is 0 Å². The fourth-order valence-electron chi connectivity index (χ4n) is 0.930. The molecular weight excluding hydrogens is 198 g/mol. The van der Waals surface area contributed by atoms with Crippen LogP contribution >= 0.6 is 0 Å². The summed E-state index contributed by atoms with van der Waals surface area (Å²) in [6.07, 6.45) is 0. The van der Waals surface area contributed by atoms with E-state index in [1.807, 2.05) is 13.8 Å². The summed E-state index contributed by atoms with van der Waals surface area (Å²) in [6.45, 7) is 4.34. The molecule has 0 amide bonds. The van der Waals surface area contributed by atoms with Gasteiger partial charge in [-0.2, -0.15) is 0 Å². The van der Waals surface area contributed by atoms with Crippen LogP contribution in [0.2, 0.25) is 0 Å². The molecule has 0 aromatic carbocycles. The fraction of sp³-hybridized carbons (Fsp3) is 0.500. The molecule has 1 aromatic rings. The lowest BCUT2D eigenvalue weighted by Gasteiger charge is -2.21. The van der Waals surface area contributed by atoms with Gasteiger partial charge < -0.3 is 19.9 Å². The standard InChI is InChI=1S/C10H15NO4/c1-10(2,6-12)5-11-8-4-3-7(15-8)9(13)14/h3-4,11-12H,5-6H2,1-2H3,(H,13,14). The Morgan fingerprint density at radius 2 is 2.20 bits per heavy atom. The lowest BCUT2D eigenvalue weighted by atomic mass is 9.95. The molecule has 15 heavy (non-hydrogen) atoms. The zero-order chi connectivity index (χ0) is 11.5. The van der Waals surface area contributed by atoms with E-state index in [4.69, 9.17) is 14.6 Å². The maximum Gasteiger partial charge on any atom is 0.371 e. The second kappa shape index (κ2) is 4.35. The summed E-state index contributed by atoms with van der Waals surface area (Å²) >= 11 is 0. The van der Waals surface area contributed by atoms with E-state index in [1.165, 1.54) is 6.07 Å². The summed E-state index contributed by atoms with van der Waals surface area (Å²) in [5.74, 6) is -0.794. The predicted octanol–water partition coefficient (Wildman–Crippen LogP) is 1.41. The highest BCUT2D eigenvalue weighted by Gasteiger charge is 2.17. The van der Waals surface area contributed by atoms with Crippen molar-refractivity contribution in [2.24, 2.45) is 5.41 Å². The van der Waals surface area contributed by atoms with Gasteiger partial charge in [-0.05, 0) is 6.07 Å². The number of aliphatic hydroxyl groups excluding tert-OH is 1. The van der Waals surface area contributed by atoms with E-state index in [0.29, 0.717) is 12.4 Å². The average Bonchev–Trinajstić information content (AvgIpc) is 2.63. The largest absolute Gasteiger partial charge is 0.475 e. The molecule has 3 N–H and O–H groups in total. The van der Waals surface area contributed by atoms with Crippen LogP contribution in [0.4, 0.5) is 5.88 Å². The minimum Gasteiger partial charge on any atom is -0.475 e. The lowest BCUT2D eigenvalue weighted by Crippen LogP contribution is -2.26. The first-order valence-corrected chi connectivity index (χ1v) is 4.62. The van der Waals surface area contributed by atoms with Gasteiger partial charge >= 0.3 is 5.97 Å². The summed E-state index contributed by atoms with van der Waals surface area (Å²) in [4.78, 5) is 10.5. The van der Waals surface area contributed by atoms with Gasteiger partial charge in [-0.3, -0.25) is 0 Å². The quantitative estimate of drug-likeness (QED) is 0.688. The Balaban J connectivity index is 2.55. The van der Waals surface area contributed by atoms with E-state index >= 15 is 0 Å². The number of aliphatic hydroxyl groups is 1. The summed E-state index contributed by atoms with van der Waals surface area (Å²) in [5, 5.41) is 20.5. The fourth-order valence-corrected chi connectivity index (χ4v) is 0.930. The lowest BCUT2D eigenvalue weighted by molar-refractivity contribution is 0.0663. The highest BCUT2D eigenvalue weighted by molar-refractivity contribution is 5.84. The number of rotatable bonds is 5. The number of hydrogen-bond acceptors (Lipinski definition) is 4. The molecule has 0 fully saturated rings. The topological polar surface area (TPSA) is 82.7 Å². The number of furan rings is 1. The summed E-state index contributed by atoms with van der Waals surface area (Å²) in [7, 11) is 0. The van der Waals surface area contributed by atoms with Crippen molar-refractivity contribution in [3.63, 3.8) is 0 Å². The SMILES string of the molecule is CC(C)(CO)CNc1ccc(C(=O)O)o1. The molecule has 1 aromatic heterocycles. The molecule has 5 nitrogen and oxygen atoms in total. The van der Waals surface area contributed by atoms with Crippen LogP contribution in [0.15, 0.2) is 16.5 Å². The van der Waals surface area contributed by atoms with Gasteiger partial charge in [-0.25, -0.2) is 4.79 Å². The second-order valence-electron chi connectivity index (χ2n) is 4.14. The van der Waals surface area contributed by atoms with Crippen LogP contribution in [0.25, 0.3) is 0 Å². The van der Waals surface area contributed by atoms with Crippen LogP contribution in [-0.4, -0.2) is 29.3 Å². The minimum absolute atomic E-state index is 0.0481. The van der Waals surface area contributed by atoms with Crippen molar-refractivity contribution in [1.29, 1.82) is 0 Å². The Morgan fingerprint density at radius 3 is 2.67 bits per heavy atom. The summed E-state index contributed by atoms with van der Waals surface area (Å²) < 4.78 is 4.99. The number of aromatic carboxylic acids is 1. The van der Waals surface area contributed by atoms with Crippen molar-refractivity contribution in [2.75, 3.05) is 18.5 Å². The van der Waals surface area contributed by atoms with E-state index in [9.17, 15) is 4.79 Å². The molecule has 0 spiro atoms. The van der Waals surface area contributed by atoms with Crippen molar-refractivity contribution >= 4 is 11.9 Å². The van der Waals surface area contributed by atoms with Crippen LogP contribution in [0, 0.1) is 5.41 Å². The molecule has 0 saturated heterocycles. The molecule has 0 radical (unpaired) electrons. The number of carbonyl (C=O) groups is 1. The Morgan fingerprint density at radius 1 is 1.53 bits per heavy atom. The van der Waals surface area contributed by atoms with E-state index in [2.05, 4.69) is 5.32 Å². The first-order chi connectivity index (χ1) is 6.94. The van der Waals surface area contributed by atoms with Crippen molar-refractivity contribution < 1.29 is 19.4 Å². The molecule has 0 bridgehead atoms. The normalized spacial score (nSPS) is 11.4. The van der Waals surface area contributed by atoms with E-state index in [1.54, 1.807) is 6.07 Å². The van der Waals surface area contributed by atoms with Crippen molar-refractivity contribution in [2.45, 2.75) is 13.8 Å². The monoisotopic (exact) mass is 213 g/mol. The first kappa shape index (κ1) is 11.6. The van der Waals surface area contributed by atoms with E-state index in [-0.39, 0.29) is 17.8 Å². The summed E-state index contributed by atoms with van der Waals surface area (Å²) in [6, 6.07) is 2.94. The third kappa shape index (κ3) is 3.28. The van der Waals surface area contributed by atoms with Gasteiger partial charge in [0, 0.05) is 24.6 Å². The molecule has 0 atom stereocenters. The van der Waals surface area contributed by atoms with Gasteiger partial charge in [-0.15, -0.1) is 0 Å². The maximum atomic E-state index is 10.5. The average molecular weight is 213 g/mol. The number of carboxylic acid groups (broad SMARTS) is 1. The smallest absolute Gasteiger partial charge is 0.371 e. The number of nitrogens with one attached hydrogen (secondary N) is 1. The van der Waals surface area contributed by atoms with Gasteiger partial charge in [0.15, 0.2) is 5.88 Å². The van der Waals surface area contributed by atoms with Crippen LogP contribution in [-0.2, 0) is 0 Å². The van der Waals surface area contributed by atoms with Gasteiger partial charge in [-0.1, -0.05) is 13.8 Å². The molecule has 1 rings (SSSR count). The van der Waals surface area contributed by atoms with Crippen LogP contribution in [0.3, 0.4) is 0 Å². The highest BCUT2D eigenvalue weighted by Crippen LogP contribution is 2.18. The molecular formula is C10H15NO4. The molecule has 84 valence electrons. The minimum atomic E-state index is -1.09. The number of carboxylic acids is 1. The van der Waals surface area contributed by atoms with Gasteiger partial charge in [0.2, 0.25) is 5.76 Å². The Bertz CT molecular complexity index is 343. The molecule has 0 saturated carbocycles. The molecule has 5 heteroatoms. The number of hydrogen-bond donors (Lipinski definition) is 3. The molecule has 0 aliphatic heterocycles. The van der Waals surface area contributed by atoms with Crippen LogP contribution in [0.1, 0.15) is 24.4 Å². The maximum absolute atomic E-state index is 10.5. The van der Waals surface area contributed by atoms with Crippen LogP contribution in [0.5, 0.6) is 0 Å². The summed E-state index contributed by atoms with van der Waals surface area (Å²) in [5.41, 5.74) is -0.268. The first-order valence-electron chi connectivity index (χ1n) is 4.62. The van der Waals surface area contributed by atoms with Gasteiger partial charge in [0.25, 0.3) is 0 Å². The van der Waals surface area contributed by atoms with Gasteiger partial charge in [0.05, 0.1) is 0 Å². The third-order valence-corrected chi connectivity index (χ3v) is 1.99. The Kier molecular flexibility index (Phi) is 3.36. The van der Waals surface area contributed by atoms with E-state index < -0.39 is 5.97 Å². The zero-order valence-corrected chi connectivity index (χ0v) is 8.78. The van der Waals surface area contributed by atoms with Crippen molar-refractivity contribution in [3.8, 4) is 0 Å². The predicted molar refractivity (Wildman–Crippen MR) is 55.0 cm³/mol. The molecule has 0 aliphatic rings. The number of anilines is 1.